The van der Waals surface area contributed by atoms with Gasteiger partial charge in [0.25, 0.3) is 0 Å². The Labute approximate surface area is 96.1 Å². The van der Waals surface area contributed by atoms with E-state index in [1.807, 2.05) is 12.4 Å². The quantitative estimate of drug-likeness (QED) is 0.710. The minimum atomic E-state index is -0.119. The molecular weight excluding hydrogens is 202 g/mol. The number of aliphatic hydroxyl groups excluding tert-OH is 1. The molecule has 1 fully saturated rings. The van der Waals surface area contributed by atoms with Gasteiger partial charge in [-0.05, 0) is 25.3 Å². The van der Waals surface area contributed by atoms with Gasteiger partial charge < -0.3 is 15.7 Å². The first kappa shape index (κ1) is 11.2. The van der Waals surface area contributed by atoms with Crippen LogP contribution >= 0.6 is 0 Å². The lowest BCUT2D eigenvalue weighted by Gasteiger charge is -2.32. The minimum Gasteiger partial charge on any atom is -0.393 e. The first-order valence-electron chi connectivity index (χ1n) is 5.91. The van der Waals surface area contributed by atoms with Crippen LogP contribution in [0, 0.1) is 0 Å². The Balaban J connectivity index is 1.88. The number of anilines is 2. The summed E-state index contributed by atoms with van der Waals surface area (Å²) in [7, 11) is 0. The Kier molecular flexibility index (Phi) is 3.62. The van der Waals surface area contributed by atoms with Crippen LogP contribution in [0.5, 0.6) is 0 Å². The first-order valence-corrected chi connectivity index (χ1v) is 5.91. The number of hydrogen-bond acceptors (Lipinski definition) is 4. The van der Waals surface area contributed by atoms with Crippen LogP contribution in [0.15, 0.2) is 18.5 Å². The van der Waals surface area contributed by atoms with Crippen LogP contribution in [0.25, 0.3) is 0 Å². The molecule has 1 aliphatic carbocycles. The molecule has 4 heteroatoms. The lowest BCUT2D eigenvalue weighted by atomic mass is 9.89. The average molecular weight is 221 g/mol. The summed E-state index contributed by atoms with van der Waals surface area (Å²) in [4.78, 5) is 4.18. The maximum Gasteiger partial charge on any atom is 0.0579 e. The lowest BCUT2D eigenvalue weighted by molar-refractivity contribution is 0.0836. The summed E-state index contributed by atoms with van der Waals surface area (Å²) in [5.41, 5.74) is 2.07. The SMILES string of the molecule is CCCNc1cncc(NC2CC(O)C2)c1. The van der Waals surface area contributed by atoms with Gasteiger partial charge >= 0.3 is 0 Å². The van der Waals surface area contributed by atoms with Crippen molar-refractivity contribution < 1.29 is 5.11 Å². The van der Waals surface area contributed by atoms with E-state index in [4.69, 9.17) is 0 Å². The van der Waals surface area contributed by atoms with Crippen molar-refractivity contribution >= 4 is 11.4 Å². The third-order valence-corrected chi connectivity index (χ3v) is 2.80. The summed E-state index contributed by atoms with van der Waals surface area (Å²) in [6.07, 6.45) is 6.32. The van der Waals surface area contributed by atoms with Gasteiger partial charge in [0.1, 0.15) is 0 Å². The van der Waals surface area contributed by atoms with Crippen LogP contribution < -0.4 is 10.6 Å². The first-order chi connectivity index (χ1) is 7.78. The zero-order valence-corrected chi connectivity index (χ0v) is 9.61. The number of nitrogens with one attached hydrogen (secondary N) is 2. The number of pyridine rings is 1. The van der Waals surface area contributed by atoms with Crippen molar-refractivity contribution in [3.63, 3.8) is 0 Å². The third-order valence-electron chi connectivity index (χ3n) is 2.80. The molecule has 1 saturated carbocycles. The molecule has 1 heterocycles. The largest absolute Gasteiger partial charge is 0.393 e. The van der Waals surface area contributed by atoms with Crippen molar-refractivity contribution in [3.05, 3.63) is 18.5 Å². The maximum atomic E-state index is 9.20. The van der Waals surface area contributed by atoms with Gasteiger partial charge in [0.2, 0.25) is 0 Å². The predicted molar refractivity (Wildman–Crippen MR) is 65.7 cm³/mol. The van der Waals surface area contributed by atoms with E-state index in [1.54, 1.807) is 0 Å². The second kappa shape index (κ2) is 5.16. The summed E-state index contributed by atoms with van der Waals surface area (Å²) < 4.78 is 0. The Morgan fingerprint density at radius 3 is 2.81 bits per heavy atom. The van der Waals surface area contributed by atoms with Gasteiger partial charge in [0.05, 0.1) is 29.9 Å². The molecule has 1 aliphatic rings. The number of nitrogens with zero attached hydrogens (tertiary/aromatic N) is 1. The molecule has 0 atom stereocenters. The maximum absolute atomic E-state index is 9.20. The van der Waals surface area contributed by atoms with Crippen LogP contribution in [0.2, 0.25) is 0 Å². The Hall–Kier alpha value is -1.29. The number of aliphatic hydroxyl groups is 1. The zero-order valence-electron chi connectivity index (χ0n) is 9.61. The molecule has 16 heavy (non-hydrogen) atoms. The van der Waals surface area contributed by atoms with Crippen LogP contribution in [0.1, 0.15) is 26.2 Å². The van der Waals surface area contributed by atoms with Gasteiger partial charge in [-0.1, -0.05) is 6.92 Å². The topological polar surface area (TPSA) is 57.2 Å². The summed E-state index contributed by atoms with van der Waals surface area (Å²) in [6, 6.07) is 2.46. The Morgan fingerprint density at radius 1 is 1.38 bits per heavy atom. The van der Waals surface area contributed by atoms with Gasteiger partial charge in [-0.3, -0.25) is 4.98 Å². The molecule has 88 valence electrons. The highest BCUT2D eigenvalue weighted by molar-refractivity contribution is 5.54. The van der Waals surface area contributed by atoms with Gasteiger partial charge in [0, 0.05) is 12.6 Å². The van der Waals surface area contributed by atoms with Gasteiger partial charge in [-0.15, -0.1) is 0 Å². The van der Waals surface area contributed by atoms with Crippen molar-refractivity contribution in [2.45, 2.75) is 38.3 Å². The van der Waals surface area contributed by atoms with E-state index in [1.165, 1.54) is 0 Å². The van der Waals surface area contributed by atoms with E-state index < -0.39 is 0 Å². The van der Waals surface area contributed by atoms with Crippen molar-refractivity contribution in [3.8, 4) is 0 Å². The molecule has 0 aliphatic heterocycles. The molecule has 0 bridgehead atoms. The van der Waals surface area contributed by atoms with Crippen molar-refractivity contribution in [1.29, 1.82) is 0 Å². The second-order valence-electron chi connectivity index (χ2n) is 4.36. The molecule has 0 radical (unpaired) electrons. The summed E-state index contributed by atoms with van der Waals surface area (Å²) in [6.45, 7) is 3.10. The lowest BCUT2D eigenvalue weighted by Crippen LogP contribution is -2.38. The summed E-state index contributed by atoms with van der Waals surface area (Å²) in [5, 5.41) is 15.9. The minimum absolute atomic E-state index is 0.119. The molecule has 0 aromatic carbocycles. The van der Waals surface area contributed by atoms with E-state index in [2.05, 4.69) is 28.6 Å². The fourth-order valence-corrected chi connectivity index (χ4v) is 1.83. The van der Waals surface area contributed by atoms with E-state index in [0.29, 0.717) is 6.04 Å². The highest BCUT2D eigenvalue weighted by Gasteiger charge is 2.26. The normalized spacial score (nSPS) is 23.6. The molecule has 0 spiro atoms. The average Bonchev–Trinajstić information content (AvgIpc) is 2.25. The molecule has 0 unspecified atom stereocenters. The molecular formula is C12H19N3O. The molecule has 4 nitrogen and oxygen atoms in total. The fourth-order valence-electron chi connectivity index (χ4n) is 1.83. The van der Waals surface area contributed by atoms with Gasteiger partial charge in [-0.25, -0.2) is 0 Å². The molecule has 1 aromatic heterocycles. The molecule has 2 rings (SSSR count). The number of hydrogen-bond donors (Lipinski definition) is 3. The predicted octanol–water partition coefficient (Wildman–Crippen LogP) is 1.84. The smallest absolute Gasteiger partial charge is 0.0579 e. The molecule has 0 amide bonds. The van der Waals surface area contributed by atoms with Crippen LogP contribution in [0.4, 0.5) is 11.4 Å². The highest BCUT2D eigenvalue weighted by atomic mass is 16.3. The van der Waals surface area contributed by atoms with Crippen LogP contribution in [-0.2, 0) is 0 Å². The molecule has 3 N–H and O–H groups in total. The summed E-state index contributed by atoms with van der Waals surface area (Å²) >= 11 is 0. The standard InChI is InChI=1S/C12H19N3O/c1-2-3-14-10-4-11(8-13-7-10)15-9-5-12(16)6-9/h4,7-9,12,14-16H,2-3,5-6H2,1H3. The van der Waals surface area contributed by atoms with Crippen LogP contribution in [0.3, 0.4) is 0 Å². The van der Waals surface area contributed by atoms with E-state index in [9.17, 15) is 5.11 Å². The Bertz CT molecular complexity index is 337. The third kappa shape index (κ3) is 2.85. The second-order valence-corrected chi connectivity index (χ2v) is 4.36. The van der Waals surface area contributed by atoms with E-state index in [0.717, 1.165) is 37.2 Å². The van der Waals surface area contributed by atoms with Crippen molar-refractivity contribution in [2.75, 3.05) is 17.2 Å². The molecule has 0 saturated heterocycles. The fraction of sp³-hybridized carbons (Fsp3) is 0.583. The number of rotatable bonds is 5. The zero-order chi connectivity index (χ0) is 11.4. The van der Waals surface area contributed by atoms with Gasteiger partial charge in [-0.2, -0.15) is 0 Å². The van der Waals surface area contributed by atoms with E-state index >= 15 is 0 Å². The van der Waals surface area contributed by atoms with Crippen LogP contribution in [-0.4, -0.2) is 28.8 Å². The van der Waals surface area contributed by atoms with Crippen molar-refractivity contribution in [1.82, 2.24) is 4.98 Å². The van der Waals surface area contributed by atoms with Crippen molar-refractivity contribution in [2.24, 2.45) is 0 Å². The monoisotopic (exact) mass is 221 g/mol. The summed E-state index contributed by atoms with van der Waals surface area (Å²) in [5.74, 6) is 0. The number of aromatic nitrogens is 1. The van der Waals surface area contributed by atoms with Gasteiger partial charge in [0.15, 0.2) is 0 Å². The highest BCUT2D eigenvalue weighted by Crippen LogP contribution is 2.24. The van der Waals surface area contributed by atoms with E-state index in [-0.39, 0.29) is 6.10 Å². The molecule has 1 aromatic rings. The Morgan fingerprint density at radius 2 is 2.12 bits per heavy atom.